The van der Waals surface area contributed by atoms with Gasteiger partial charge in [0.1, 0.15) is 4.90 Å². The van der Waals surface area contributed by atoms with E-state index >= 15 is 0 Å². The lowest BCUT2D eigenvalue weighted by atomic mass is 10.0. The van der Waals surface area contributed by atoms with Gasteiger partial charge >= 0.3 is 0 Å². The molecule has 118 valence electrons. The van der Waals surface area contributed by atoms with E-state index in [-0.39, 0.29) is 0 Å². The summed E-state index contributed by atoms with van der Waals surface area (Å²) >= 11 is 0. The summed E-state index contributed by atoms with van der Waals surface area (Å²) < 4.78 is 34.4. The molecule has 2 heterocycles. The molecule has 6 nitrogen and oxygen atoms in total. The van der Waals surface area contributed by atoms with E-state index in [1.54, 1.807) is 16.1 Å². The molecule has 0 N–H and O–H groups in total. The number of aryl methyl sites for hydroxylation is 1. The Kier molecular flexibility index (Phi) is 3.83. The number of rotatable bonds is 4. The molecule has 0 bridgehead atoms. The summed E-state index contributed by atoms with van der Waals surface area (Å²) in [6.45, 7) is 5.69. The van der Waals surface area contributed by atoms with E-state index in [0.717, 1.165) is 18.5 Å². The van der Waals surface area contributed by atoms with E-state index in [1.165, 1.54) is 6.20 Å². The van der Waals surface area contributed by atoms with Crippen molar-refractivity contribution < 1.29 is 13.2 Å². The molecule has 1 saturated carbocycles. The fraction of sp³-hybridized carbons (Fsp3) is 0.786. The molecule has 0 amide bonds. The number of fused-ring (bicyclic) bond motifs is 1. The van der Waals surface area contributed by atoms with Crippen LogP contribution in [0.3, 0.4) is 0 Å². The predicted octanol–water partition coefficient (Wildman–Crippen LogP) is 1.26. The molecule has 3 rings (SSSR count). The maximum Gasteiger partial charge on any atom is 0.246 e. The van der Waals surface area contributed by atoms with E-state index in [2.05, 4.69) is 5.10 Å². The van der Waals surface area contributed by atoms with Crippen molar-refractivity contribution in [2.24, 2.45) is 11.8 Å². The second-order valence-electron chi connectivity index (χ2n) is 6.08. The zero-order valence-electron chi connectivity index (χ0n) is 12.8. The quantitative estimate of drug-likeness (QED) is 0.839. The third kappa shape index (κ3) is 2.41. The monoisotopic (exact) mass is 313 g/mol. The molecule has 1 aromatic heterocycles. The van der Waals surface area contributed by atoms with Crippen molar-refractivity contribution in [3.8, 4) is 0 Å². The zero-order valence-corrected chi connectivity index (χ0v) is 13.6. The second-order valence-corrected chi connectivity index (χ2v) is 7.99. The van der Waals surface area contributed by atoms with Gasteiger partial charge in [0.2, 0.25) is 10.0 Å². The van der Waals surface area contributed by atoms with E-state index in [4.69, 9.17) is 4.74 Å². The van der Waals surface area contributed by atoms with Crippen LogP contribution in [-0.2, 0) is 21.3 Å². The first kappa shape index (κ1) is 15.0. The Bertz CT molecular complexity index is 611. The van der Waals surface area contributed by atoms with Crippen molar-refractivity contribution in [1.82, 2.24) is 14.1 Å². The predicted molar refractivity (Wildman–Crippen MR) is 78.4 cm³/mol. The largest absolute Gasteiger partial charge is 0.381 e. The highest BCUT2D eigenvalue weighted by molar-refractivity contribution is 7.89. The van der Waals surface area contributed by atoms with E-state index in [0.29, 0.717) is 42.5 Å². The van der Waals surface area contributed by atoms with Crippen LogP contribution in [0.2, 0.25) is 0 Å². The maximum absolute atomic E-state index is 12.8. The smallest absolute Gasteiger partial charge is 0.246 e. The van der Waals surface area contributed by atoms with Crippen LogP contribution >= 0.6 is 0 Å². The van der Waals surface area contributed by atoms with E-state index in [1.807, 2.05) is 13.8 Å². The molecule has 3 atom stereocenters. The minimum absolute atomic E-state index is 0.300. The molecule has 2 aliphatic rings. The average Bonchev–Trinajstić information content (AvgIpc) is 3.09. The summed E-state index contributed by atoms with van der Waals surface area (Å²) in [6.07, 6.45) is 3.73. The van der Waals surface area contributed by atoms with Crippen LogP contribution in [0.25, 0.3) is 0 Å². The molecular weight excluding hydrogens is 290 g/mol. The zero-order chi connectivity index (χ0) is 15.2. The SMILES string of the molecule is CCn1ncc(S(=O)(=O)N2C[C@H]3CC(OC)C[C@H]3C2)c1C. The van der Waals surface area contributed by atoms with Gasteiger partial charge in [0.05, 0.1) is 18.0 Å². The summed E-state index contributed by atoms with van der Waals surface area (Å²) in [6, 6.07) is 0. The van der Waals surface area contributed by atoms with Crippen molar-refractivity contribution in [3.63, 3.8) is 0 Å². The average molecular weight is 313 g/mol. The molecule has 1 unspecified atom stereocenters. The Labute approximate surface area is 126 Å². The van der Waals surface area contributed by atoms with Gasteiger partial charge in [-0.3, -0.25) is 4.68 Å². The molecule has 0 aromatic carbocycles. The molecule has 1 aliphatic heterocycles. The molecule has 1 aromatic rings. The second kappa shape index (κ2) is 5.37. The Morgan fingerprint density at radius 1 is 1.33 bits per heavy atom. The lowest BCUT2D eigenvalue weighted by Crippen LogP contribution is -2.31. The van der Waals surface area contributed by atoms with Crippen molar-refractivity contribution >= 4 is 10.0 Å². The van der Waals surface area contributed by atoms with Gasteiger partial charge in [-0.2, -0.15) is 9.40 Å². The molecule has 21 heavy (non-hydrogen) atoms. The van der Waals surface area contributed by atoms with Gasteiger partial charge in [0.25, 0.3) is 0 Å². The molecular formula is C14H23N3O3S. The van der Waals surface area contributed by atoms with Gasteiger partial charge in [0, 0.05) is 26.7 Å². The summed E-state index contributed by atoms with van der Waals surface area (Å²) in [7, 11) is -1.68. The Balaban J connectivity index is 1.80. The molecule has 0 spiro atoms. The third-order valence-corrected chi connectivity index (χ3v) is 6.92. The highest BCUT2D eigenvalue weighted by atomic mass is 32.2. The summed E-state index contributed by atoms with van der Waals surface area (Å²) in [4.78, 5) is 0.354. The minimum atomic E-state index is -3.42. The molecule has 1 aliphatic carbocycles. The van der Waals surface area contributed by atoms with Crippen molar-refractivity contribution in [2.75, 3.05) is 20.2 Å². The van der Waals surface area contributed by atoms with E-state index in [9.17, 15) is 8.42 Å². The van der Waals surface area contributed by atoms with E-state index < -0.39 is 10.0 Å². The van der Waals surface area contributed by atoms with Gasteiger partial charge in [-0.25, -0.2) is 8.42 Å². The first-order valence-corrected chi connectivity index (χ1v) is 8.96. The van der Waals surface area contributed by atoms with Gasteiger partial charge in [-0.15, -0.1) is 0 Å². The minimum Gasteiger partial charge on any atom is -0.381 e. The van der Waals surface area contributed by atoms with Crippen molar-refractivity contribution in [3.05, 3.63) is 11.9 Å². The van der Waals surface area contributed by atoms with Crippen LogP contribution in [0.5, 0.6) is 0 Å². The van der Waals surface area contributed by atoms with Gasteiger partial charge < -0.3 is 4.74 Å². The number of hydrogen-bond acceptors (Lipinski definition) is 4. The van der Waals surface area contributed by atoms with Crippen LogP contribution in [0.4, 0.5) is 0 Å². The first-order valence-electron chi connectivity index (χ1n) is 7.52. The Hall–Kier alpha value is -0.920. The fourth-order valence-electron chi connectivity index (χ4n) is 3.73. The lowest BCUT2D eigenvalue weighted by molar-refractivity contribution is 0.0998. The van der Waals surface area contributed by atoms with Gasteiger partial charge in [0.15, 0.2) is 0 Å². The van der Waals surface area contributed by atoms with Crippen LogP contribution in [0, 0.1) is 18.8 Å². The Morgan fingerprint density at radius 2 is 1.95 bits per heavy atom. The molecule has 2 fully saturated rings. The summed E-state index contributed by atoms with van der Waals surface area (Å²) in [5, 5.41) is 4.16. The first-order chi connectivity index (χ1) is 9.97. The lowest BCUT2D eigenvalue weighted by Gasteiger charge is -2.18. The Morgan fingerprint density at radius 3 is 2.43 bits per heavy atom. The van der Waals surface area contributed by atoms with Crippen LogP contribution in [0.1, 0.15) is 25.5 Å². The van der Waals surface area contributed by atoms with Crippen LogP contribution in [0.15, 0.2) is 11.1 Å². The maximum atomic E-state index is 12.8. The van der Waals surface area contributed by atoms with Crippen LogP contribution < -0.4 is 0 Å². The highest BCUT2D eigenvalue weighted by Crippen LogP contribution is 2.41. The van der Waals surface area contributed by atoms with Gasteiger partial charge in [-0.05, 0) is 38.5 Å². The fourth-order valence-corrected chi connectivity index (χ4v) is 5.44. The molecule has 1 saturated heterocycles. The van der Waals surface area contributed by atoms with Crippen molar-refractivity contribution in [2.45, 2.75) is 44.2 Å². The molecule has 7 heteroatoms. The number of sulfonamides is 1. The topological polar surface area (TPSA) is 64.4 Å². The number of ether oxygens (including phenoxy) is 1. The standard InChI is InChI=1S/C14H23N3O3S/c1-4-17-10(2)14(7-15-17)21(18,19)16-8-11-5-13(20-3)6-12(11)9-16/h7,11-13H,4-6,8-9H2,1-3H3/t11-,12+,13?. The van der Waals surface area contributed by atoms with Crippen molar-refractivity contribution in [1.29, 1.82) is 0 Å². The number of nitrogens with zero attached hydrogens (tertiary/aromatic N) is 3. The van der Waals surface area contributed by atoms with Crippen LogP contribution in [-0.4, -0.2) is 48.8 Å². The normalized spacial score (nSPS) is 30.0. The summed E-state index contributed by atoms with van der Waals surface area (Å²) in [5.74, 6) is 0.873. The third-order valence-electron chi connectivity index (χ3n) is 4.98. The number of methoxy groups -OCH3 is 1. The molecule has 0 radical (unpaired) electrons. The number of hydrogen-bond donors (Lipinski definition) is 0. The number of aromatic nitrogens is 2. The highest BCUT2D eigenvalue weighted by Gasteiger charge is 2.45. The van der Waals surface area contributed by atoms with Gasteiger partial charge in [-0.1, -0.05) is 0 Å². The summed E-state index contributed by atoms with van der Waals surface area (Å²) in [5.41, 5.74) is 0.726.